The molecule has 1 N–H and O–H groups in total. The van der Waals surface area contributed by atoms with Gasteiger partial charge >= 0.3 is 0 Å². The van der Waals surface area contributed by atoms with E-state index in [1.165, 1.54) is 22.1 Å². The molecular formula is C19H14N4O2S. The second-order valence-electron chi connectivity index (χ2n) is 5.64. The molecule has 0 spiro atoms. The number of nitrogens with zero attached hydrogens (tertiary/aromatic N) is 4. The van der Waals surface area contributed by atoms with Crippen molar-refractivity contribution in [3.63, 3.8) is 0 Å². The van der Waals surface area contributed by atoms with Gasteiger partial charge in [0.25, 0.3) is 5.56 Å². The first-order valence-electron chi connectivity index (χ1n) is 7.92. The van der Waals surface area contributed by atoms with Crippen LogP contribution in [0.25, 0.3) is 10.8 Å². The molecule has 0 unspecified atom stereocenters. The van der Waals surface area contributed by atoms with Gasteiger partial charge in [-0.25, -0.2) is 4.99 Å². The standard InChI is InChI=1S/C19H14N4O2S/c24-17-15-9-5-4-8-14(15)16(10-20-19-22-21-12-26-19)18(25)23(17)11-13-6-2-1-3-7-13/h1-10,12,25H,11H2. The lowest BCUT2D eigenvalue weighted by Crippen LogP contribution is -2.22. The highest BCUT2D eigenvalue weighted by atomic mass is 32.1. The molecule has 0 amide bonds. The molecule has 2 aromatic carbocycles. The maximum atomic E-state index is 12.9. The molecule has 6 nitrogen and oxygen atoms in total. The Morgan fingerprint density at radius 3 is 2.54 bits per heavy atom. The molecule has 0 atom stereocenters. The first-order valence-corrected chi connectivity index (χ1v) is 8.80. The molecule has 0 aliphatic carbocycles. The second kappa shape index (κ2) is 6.89. The summed E-state index contributed by atoms with van der Waals surface area (Å²) in [6.45, 7) is 0.274. The van der Waals surface area contributed by atoms with Gasteiger partial charge in [-0.1, -0.05) is 59.9 Å². The van der Waals surface area contributed by atoms with Crippen LogP contribution in [0.5, 0.6) is 5.88 Å². The minimum Gasteiger partial charge on any atom is -0.494 e. The topological polar surface area (TPSA) is 80.4 Å². The summed E-state index contributed by atoms with van der Waals surface area (Å²) in [7, 11) is 0. The van der Waals surface area contributed by atoms with Gasteiger partial charge < -0.3 is 5.11 Å². The van der Waals surface area contributed by atoms with Crippen molar-refractivity contribution in [1.82, 2.24) is 14.8 Å². The van der Waals surface area contributed by atoms with Gasteiger partial charge in [0, 0.05) is 17.0 Å². The summed E-state index contributed by atoms with van der Waals surface area (Å²) in [5.74, 6) is -0.120. The van der Waals surface area contributed by atoms with E-state index < -0.39 is 0 Å². The molecule has 0 radical (unpaired) electrons. The largest absolute Gasteiger partial charge is 0.494 e. The molecule has 4 rings (SSSR count). The fraction of sp³-hybridized carbons (Fsp3) is 0.0526. The lowest BCUT2D eigenvalue weighted by atomic mass is 10.1. The summed E-state index contributed by atoms with van der Waals surface area (Å²) in [6, 6.07) is 16.7. The first-order chi connectivity index (χ1) is 12.7. The van der Waals surface area contributed by atoms with Crippen molar-refractivity contribution in [2.45, 2.75) is 6.54 Å². The van der Waals surface area contributed by atoms with Crippen LogP contribution in [0.2, 0.25) is 0 Å². The lowest BCUT2D eigenvalue weighted by molar-refractivity contribution is 0.416. The molecule has 2 heterocycles. The summed E-state index contributed by atoms with van der Waals surface area (Å²) >= 11 is 1.29. The zero-order valence-corrected chi connectivity index (χ0v) is 14.4. The van der Waals surface area contributed by atoms with Gasteiger partial charge in [-0.2, -0.15) is 0 Å². The molecule has 26 heavy (non-hydrogen) atoms. The first kappa shape index (κ1) is 16.2. The molecule has 0 saturated carbocycles. The van der Waals surface area contributed by atoms with E-state index in [1.807, 2.05) is 36.4 Å². The van der Waals surface area contributed by atoms with Crippen molar-refractivity contribution in [2.24, 2.45) is 4.99 Å². The van der Waals surface area contributed by atoms with E-state index in [2.05, 4.69) is 15.2 Å². The van der Waals surface area contributed by atoms with Gasteiger partial charge in [0.1, 0.15) is 5.51 Å². The zero-order valence-electron chi connectivity index (χ0n) is 13.6. The highest BCUT2D eigenvalue weighted by Gasteiger charge is 2.15. The van der Waals surface area contributed by atoms with E-state index in [-0.39, 0.29) is 18.0 Å². The van der Waals surface area contributed by atoms with Crippen LogP contribution >= 0.6 is 11.3 Å². The van der Waals surface area contributed by atoms with Crippen molar-refractivity contribution in [3.05, 3.63) is 81.6 Å². The number of aromatic nitrogens is 3. The number of aromatic hydroxyl groups is 1. The van der Waals surface area contributed by atoms with Crippen molar-refractivity contribution in [2.75, 3.05) is 0 Å². The number of rotatable bonds is 4. The van der Waals surface area contributed by atoms with Crippen LogP contribution < -0.4 is 5.56 Å². The van der Waals surface area contributed by atoms with Crippen molar-refractivity contribution in [3.8, 4) is 5.88 Å². The van der Waals surface area contributed by atoms with E-state index in [1.54, 1.807) is 23.7 Å². The average Bonchev–Trinajstić information content (AvgIpc) is 3.19. The molecule has 0 fully saturated rings. The van der Waals surface area contributed by atoms with Gasteiger partial charge in [0.05, 0.1) is 12.1 Å². The minimum atomic E-state index is -0.241. The zero-order chi connectivity index (χ0) is 17.9. The number of hydrogen-bond donors (Lipinski definition) is 1. The fourth-order valence-corrected chi connectivity index (χ4v) is 3.19. The van der Waals surface area contributed by atoms with E-state index in [0.717, 1.165) is 5.56 Å². The Labute approximate surface area is 152 Å². The normalized spacial score (nSPS) is 11.4. The van der Waals surface area contributed by atoms with E-state index >= 15 is 0 Å². The Bertz CT molecular complexity index is 1140. The molecule has 2 aromatic heterocycles. The predicted octanol–water partition coefficient (Wildman–Crippen LogP) is 3.36. The second-order valence-corrected chi connectivity index (χ2v) is 6.45. The van der Waals surface area contributed by atoms with Crippen LogP contribution in [0.1, 0.15) is 11.1 Å². The molecule has 4 aromatic rings. The number of benzene rings is 2. The molecule has 0 saturated heterocycles. The van der Waals surface area contributed by atoms with E-state index in [0.29, 0.717) is 21.5 Å². The molecule has 0 aliphatic rings. The Balaban J connectivity index is 1.91. The molecule has 7 heteroatoms. The summed E-state index contributed by atoms with van der Waals surface area (Å²) < 4.78 is 1.36. The molecule has 0 bridgehead atoms. The fourth-order valence-electron chi connectivity index (χ4n) is 2.80. The van der Waals surface area contributed by atoms with Crippen LogP contribution in [0, 0.1) is 0 Å². The van der Waals surface area contributed by atoms with E-state index in [4.69, 9.17) is 0 Å². The Morgan fingerprint density at radius 1 is 1.08 bits per heavy atom. The third-order valence-electron chi connectivity index (χ3n) is 4.03. The van der Waals surface area contributed by atoms with Gasteiger partial charge in [0.15, 0.2) is 0 Å². The minimum absolute atomic E-state index is 0.120. The molecule has 0 aliphatic heterocycles. The Morgan fingerprint density at radius 2 is 1.81 bits per heavy atom. The number of fused-ring (bicyclic) bond motifs is 1. The van der Waals surface area contributed by atoms with Gasteiger partial charge in [0.2, 0.25) is 11.0 Å². The van der Waals surface area contributed by atoms with Crippen LogP contribution in [0.15, 0.2) is 69.9 Å². The average molecular weight is 362 g/mol. The van der Waals surface area contributed by atoms with Gasteiger partial charge in [-0.3, -0.25) is 9.36 Å². The number of hydrogen-bond acceptors (Lipinski definition) is 6. The van der Waals surface area contributed by atoms with E-state index in [9.17, 15) is 9.90 Å². The smallest absolute Gasteiger partial charge is 0.261 e. The van der Waals surface area contributed by atoms with Crippen LogP contribution in [0.3, 0.4) is 0 Å². The maximum absolute atomic E-state index is 12.9. The van der Waals surface area contributed by atoms with Gasteiger partial charge in [-0.15, -0.1) is 10.2 Å². The third-order valence-corrected chi connectivity index (χ3v) is 4.62. The third kappa shape index (κ3) is 3.00. The monoisotopic (exact) mass is 362 g/mol. The lowest BCUT2D eigenvalue weighted by Gasteiger charge is -2.13. The van der Waals surface area contributed by atoms with Crippen LogP contribution in [-0.4, -0.2) is 26.1 Å². The predicted molar refractivity (Wildman–Crippen MR) is 103 cm³/mol. The number of aliphatic imine (C=N–C) groups is 1. The van der Waals surface area contributed by atoms with Crippen molar-refractivity contribution >= 4 is 33.5 Å². The van der Waals surface area contributed by atoms with Gasteiger partial charge in [-0.05, 0) is 11.6 Å². The summed E-state index contributed by atoms with van der Waals surface area (Å²) in [6.07, 6.45) is 1.53. The summed E-state index contributed by atoms with van der Waals surface area (Å²) in [5, 5.41) is 20.1. The quantitative estimate of drug-likeness (QED) is 0.565. The maximum Gasteiger partial charge on any atom is 0.261 e. The van der Waals surface area contributed by atoms with Crippen LogP contribution in [0.4, 0.5) is 5.13 Å². The Hall–Kier alpha value is -3.32. The molecule has 128 valence electrons. The summed E-state index contributed by atoms with van der Waals surface area (Å²) in [4.78, 5) is 17.1. The van der Waals surface area contributed by atoms with Crippen LogP contribution in [-0.2, 0) is 6.54 Å². The highest BCUT2D eigenvalue weighted by Crippen LogP contribution is 2.25. The van der Waals surface area contributed by atoms with Crippen molar-refractivity contribution in [1.29, 1.82) is 0 Å². The van der Waals surface area contributed by atoms with Crippen molar-refractivity contribution < 1.29 is 5.11 Å². The molecular weight excluding hydrogens is 348 g/mol. The highest BCUT2D eigenvalue weighted by molar-refractivity contribution is 7.13. The summed E-state index contributed by atoms with van der Waals surface area (Å²) in [5.41, 5.74) is 2.74. The number of pyridine rings is 1. The SMILES string of the molecule is O=c1c2ccccc2c(C=Nc2nncs2)c(O)n1Cc1ccccc1. The Kier molecular flexibility index (Phi) is 4.28.